The Morgan fingerprint density at radius 3 is 2.27 bits per heavy atom. The molecule has 3 heteroatoms. The second-order valence-electron chi connectivity index (χ2n) is 9.08. The highest BCUT2D eigenvalue weighted by Gasteiger charge is 2.19. The van der Waals surface area contributed by atoms with E-state index in [1.807, 2.05) is 42.6 Å². The Morgan fingerprint density at radius 2 is 1.64 bits per heavy atom. The molecule has 4 rings (SSSR count). The number of halogens is 1. The van der Waals surface area contributed by atoms with Gasteiger partial charge in [-0.05, 0) is 98.6 Å². The van der Waals surface area contributed by atoms with Crippen LogP contribution in [0.4, 0.5) is 0 Å². The molecule has 168 valence electrons. The van der Waals surface area contributed by atoms with Gasteiger partial charge in [-0.2, -0.15) is 0 Å². The smallest absolute Gasteiger partial charge is 0.113 e. The standard InChI is InChI=1S/C30H31ClN2/c1-22-16-18-33(19-17-22)24(3)20-23(2)26-7-4-25(5-8-26)6-14-30-15-11-28(21-32-30)27-9-12-29(31)13-10-27/h4-5,7-13,15,20-22,24H,16-19H2,1-3H3/t24-/m1/s1. The molecule has 1 fully saturated rings. The van der Waals surface area contributed by atoms with Gasteiger partial charge < -0.3 is 0 Å². The first kappa shape index (κ1) is 23.3. The number of likely N-dealkylation sites (tertiary alicyclic amines) is 1. The normalized spacial score (nSPS) is 16.2. The van der Waals surface area contributed by atoms with E-state index in [1.54, 1.807) is 0 Å². The second-order valence-corrected chi connectivity index (χ2v) is 9.51. The van der Waals surface area contributed by atoms with Crippen molar-refractivity contribution < 1.29 is 0 Å². The van der Waals surface area contributed by atoms with Crippen molar-refractivity contribution in [2.24, 2.45) is 5.92 Å². The maximum atomic E-state index is 5.97. The van der Waals surface area contributed by atoms with E-state index in [1.165, 1.54) is 37.1 Å². The van der Waals surface area contributed by atoms with Crippen molar-refractivity contribution in [1.29, 1.82) is 0 Å². The Labute approximate surface area is 203 Å². The summed E-state index contributed by atoms with van der Waals surface area (Å²) >= 11 is 5.97. The van der Waals surface area contributed by atoms with Gasteiger partial charge in [0.2, 0.25) is 0 Å². The SMILES string of the molecule is CC(=C[C@@H](C)N1CCC(C)CC1)c1ccc(C#Cc2ccc(-c3ccc(Cl)cc3)cn2)cc1. The molecule has 0 amide bonds. The number of allylic oxidation sites excluding steroid dienone is 1. The Balaban J connectivity index is 1.39. The lowest BCUT2D eigenvalue weighted by Gasteiger charge is -2.34. The van der Waals surface area contributed by atoms with Gasteiger partial charge in [0.15, 0.2) is 0 Å². The lowest BCUT2D eigenvalue weighted by molar-refractivity contribution is 0.169. The van der Waals surface area contributed by atoms with Gasteiger partial charge in [-0.25, -0.2) is 4.98 Å². The number of hydrogen-bond acceptors (Lipinski definition) is 2. The highest BCUT2D eigenvalue weighted by molar-refractivity contribution is 6.30. The van der Waals surface area contributed by atoms with Crippen LogP contribution in [0, 0.1) is 17.8 Å². The maximum absolute atomic E-state index is 5.97. The molecule has 2 heterocycles. The van der Waals surface area contributed by atoms with Crippen LogP contribution in [-0.2, 0) is 0 Å². The summed E-state index contributed by atoms with van der Waals surface area (Å²) in [6.07, 6.45) is 6.87. The van der Waals surface area contributed by atoms with Crippen molar-refractivity contribution in [2.45, 2.75) is 39.7 Å². The van der Waals surface area contributed by atoms with E-state index in [4.69, 9.17) is 11.6 Å². The van der Waals surface area contributed by atoms with Crippen molar-refractivity contribution in [2.75, 3.05) is 13.1 Å². The molecule has 1 atom stereocenters. The number of hydrogen-bond donors (Lipinski definition) is 0. The Hall–Kier alpha value is -2.86. The van der Waals surface area contributed by atoms with Gasteiger partial charge in [0, 0.05) is 28.4 Å². The van der Waals surface area contributed by atoms with E-state index in [2.05, 4.69) is 72.8 Å². The zero-order valence-corrected chi connectivity index (χ0v) is 20.4. The third-order valence-electron chi connectivity index (χ3n) is 6.50. The summed E-state index contributed by atoms with van der Waals surface area (Å²) in [6, 6.07) is 20.8. The molecule has 1 saturated heterocycles. The van der Waals surface area contributed by atoms with E-state index in [0.29, 0.717) is 6.04 Å². The molecule has 0 spiro atoms. The van der Waals surface area contributed by atoms with Gasteiger partial charge in [0.25, 0.3) is 0 Å². The molecule has 0 unspecified atom stereocenters. The lowest BCUT2D eigenvalue weighted by atomic mass is 9.97. The number of aromatic nitrogens is 1. The second kappa shape index (κ2) is 10.8. The van der Waals surface area contributed by atoms with E-state index >= 15 is 0 Å². The van der Waals surface area contributed by atoms with Gasteiger partial charge in [-0.3, -0.25) is 4.90 Å². The average Bonchev–Trinajstić information content (AvgIpc) is 2.84. The zero-order chi connectivity index (χ0) is 23.2. The largest absolute Gasteiger partial charge is 0.297 e. The van der Waals surface area contributed by atoms with Crippen molar-refractivity contribution >= 4 is 17.2 Å². The molecular formula is C30H31ClN2. The Kier molecular flexibility index (Phi) is 7.65. The van der Waals surface area contributed by atoms with Gasteiger partial charge in [0.05, 0.1) is 0 Å². The Bertz CT molecular complexity index is 1140. The van der Waals surface area contributed by atoms with Gasteiger partial charge in [-0.1, -0.05) is 60.9 Å². The first-order valence-electron chi connectivity index (χ1n) is 11.7. The minimum atomic E-state index is 0.471. The molecule has 33 heavy (non-hydrogen) atoms. The summed E-state index contributed by atoms with van der Waals surface area (Å²) in [5, 5.41) is 0.733. The molecule has 3 aromatic rings. The van der Waals surface area contributed by atoms with Crippen molar-refractivity contribution in [1.82, 2.24) is 9.88 Å². The molecule has 1 aromatic heterocycles. The summed E-state index contributed by atoms with van der Waals surface area (Å²) in [5.74, 6) is 7.27. The van der Waals surface area contributed by atoms with Crippen LogP contribution in [-0.4, -0.2) is 29.0 Å². The third kappa shape index (κ3) is 6.35. The van der Waals surface area contributed by atoms with E-state index in [9.17, 15) is 0 Å². The first-order valence-corrected chi connectivity index (χ1v) is 12.1. The topological polar surface area (TPSA) is 16.1 Å². The third-order valence-corrected chi connectivity index (χ3v) is 6.75. The van der Waals surface area contributed by atoms with Crippen LogP contribution in [0.2, 0.25) is 5.02 Å². The number of pyridine rings is 1. The molecule has 1 aliphatic heterocycles. The van der Waals surface area contributed by atoms with Crippen molar-refractivity contribution in [3.63, 3.8) is 0 Å². The monoisotopic (exact) mass is 454 g/mol. The molecule has 0 radical (unpaired) electrons. The first-order chi connectivity index (χ1) is 16.0. The molecule has 1 aliphatic rings. The molecule has 0 aliphatic carbocycles. The van der Waals surface area contributed by atoms with Gasteiger partial charge >= 0.3 is 0 Å². The van der Waals surface area contributed by atoms with Gasteiger partial charge in [0.1, 0.15) is 5.69 Å². The van der Waals surface area contributed by atoms with E-state index in [0.717, 1.165) is 33.3 Å². The van der Waals surface area contributed by atoms with Crippen LogP contribution in [0.15, 0.2) is 72.9 Å². The fraction of sp³-hybridized carbons (Fsp3) is 0.300. The van der Waals surface area contributed by atoms with Crippen molar-refractivity contribution in [3.05, 3.63) is 94.8 Å². The number of nitrogens with zero attached hydrogens (tertiary/aromatic N) is 2. The summed E-state index contributed by atoms with van der Waals surface area (Å²) in [7, 11) is 0. The van der Waals surface area contributed by atoms with Crippen LogP contribution in [0.5, 0.6) is 0 Å². The molecule has 2 aromatic carbocycles. The molecule has 0 saturated carbocycles. The highest BCUT2D eigenvalue weighted by Crippen LogP contribution is 2.22. The van der Waals surface area contributed by atoms with Crippen LogP contribution >= 0.6 is 11.6 Å². The maximum Gasteiger partial charge on any atom is 0.113 e. The number of rotatable bonds is 4. The molecule has 0 bridgehead atoms. The minimum absolute atomic E-state index is 0.471. The summed E-state index contributed by atoms with van der Waals surface area (Å²) in [6.45, 7) is 9.28. The number of piperidine rings is 1. The summed E-state index contributed by atoms with van der Waals surface area (Å²) in [4.78, 5) is 7.09. The van der Waals surface area contributed by atoms with Crippen molar-refractivity contribution in [3.8, 4) is 23.0 Å². The van der Waals surface area contributed by atoms with E-state index < -0.39 is 0 Å². The fourth-order valence-corrected chi connectivity index (χ4v) is 4.36. The van der Waals surface area contributed by atoms with Gasteiger partial charge in [-0.15, -0.1) is 0 Å². The number of benzene rings is 2. The average molecular weight is 455 g/mol. The van der Waals surface area contributed by atoms with Crippen LogP contribution in [0.3, 0.4) is 0 Å². The lowest BCUT2D eigenvalue weighted by Crippen LogP contribution is -2.38. The Morgan fingerprint density at radius 1 is 0.970 bits per heavy atom. The van der Waals surface area contributed by atoms with Crippen LogP contribution < -0.4 is 0 Å². The highest BCUT2D eigenvalue weighted by atomic mass is 35.5. The van der Waals surface area contributed by atoms with Crippen LogP contribution in [0.1, 0.15) is 50.4 Å². The predicted molar refractivity (Wildman–Crippen MR) is 140 cm³/mol. The quantitative estimate of drug-likeness (QED) is 0.384. The minimum Gasteiger partial charge on any atom is -0.297 e. The molecule has 0 N–H and O–H groups in total. The molecular weight excluding hydrogens is 424 g/mol. The molecule has 2 nitrogen and oxygen atoms in total. The van der Waals surface area contributed by atoms with Crippen LogP contribution in [0.25, 0.3) is 16.7 Å². The zero-order valence-electron chi connectivity index (χ0n) is 19.7. The summed E-state index contributed by atoms with van der Waals surface area (Å²) < 4.78 is 0. The van der Waals surface area contributed by atoms with E-state index in [-0.39, 0.29) is 0 Å². The summed E-state index contributed by atoms with van der Waals surface area (Å²) in [5.41, 5.74) is 6.47. The predicted octanol–water partition coefficient (Wildman–Crippen LogP) is 7.33. The fourth-order valence-electron chi connectivity index (χ4n) is 4.23.